The van der Waals surface area contributed by atoms with Gasteiger partial charge < -0.3 is 15.0 Å². The molecule has 0 saturated carbocycles. The zero-order valence-electron chi connectivity index (χ0n) is 18.1. The predicted molar refractivity (Wildman–Crippen MR) is 131 cm³/mol. The van der Waals surface area contributed by atoms with Gasteiger partial charge >= 0.3 is 5.97 Å². The van der Waals surface area contributed by atoms with E-state index in [9.17, 15) is 9.59 Å². The van der Waals surface area contributed by atoms with E-state index in [-0.39, 0.29) is 18.6 Å². The lowest BCUT2D eigenvalue weighted by atomic mass is 10.1. The van der Waals surface area contributed by atoms with Gasteiger partial charge in [-0.15, -0.1) is 11.3 Å². The standard InChI is InChI=1S/C24H24Cl2N2O3S/c1-4-31-24(30)19-13-21(16-8-6-5-7-9-16)32-23(19)27-22(29)15(2)28(3)14-17-10-11-18(25)12-20(17)26/h5-13,15H,4,14H2,1-3H3,(H,27,29)/p+1/t15-/m1/s1. The number of thiophene rings is 1. The highest BCUT2D eigenvalue weighted by Gasteiger charge is 2.26. The van der Waals surface area contributed by atoms with Gasteiger partial charge in [-0.05, 0) is 37.6 Å². The molecule has 0 aliphatic heterocycles. The Balaban J connectivity index is 1.79. The van der Waals surface area contributed by atoms with Crippen molar-refractivity contribution in [3.63, 3.8) is 0 Å². The number of quaternary nitrogens is 1. The lowest BCUT2D eigenvalue weighted by Gasteiger charge is -2.21. The van der Waals surface area contributed by atoms with Gasteiger partial charge in [0.25, 0.3) is 5.91 Å². The van der Waals surface area contributed by atoms with Crippen LogP contribution in [0.3, 0.4) is 0 Å². The average molecular weight is 492 g/mol. The summed E-state index contributed by atoms with van der Waals surface area (Å²) in [5, 5.41) is 4.56. The molecule has 0 bridgehead atoms. The second-order valence-electron chi connectivity index (χ2n) is 7.41. The van der Waals surface area contributed by atoms with Gasteiger partial charge in [0.15, 0.2) is 6.04 Å². The third-order valence-electron chi connectivity index (χ3n) is 5.14. The molecule has 0 spiro atoms. The third kappa shape index (κ3) is 5.90. The molecule has 2 N–H and O–H groups in total. The number of hydrogen-bond acceptors (Lipinski definition) is 4. The van der Waals surface area contributed by atoms with Gasteiger partial charge in [0.1, 0.15) is 11.5 Å². The molecule has 168 valence electrons. The normalized spacial score (nSPS) is 12.8. The summed E-state index contributed by atoms with van der Waals surface area (Å²) in [5.74, 6) is -0.651. The maximum absolute atomic E-state index is 13.0. The van der Waals surface area contributed by atoms with Crippen molar-refractivity contribution in [3.8, 4) is 10.4 Å². The SMILES string of the molecule is CCOC(=O)c1cc(-c2ccccc2)sc1NC(=O)[C@@H](C)[NH+](C)Cc1ccc(Cl)cc1Cl. The van der Waals surface area contributed by atoms with Gasteiger partial charge in [-0.1, -0.05) is 59.6 Å². The molecule has 2 aromatic carbocycles. The quantitative estimate of drug-likeness (QED) is 0.438. The molecule has 1 heterocycles. The van der Waals surface area contributed by atoms with E-state index in [4.69, 9.17) is 27.9 Å². The minimum atomic E-state index is -0.456. The van der Waals surface area contributed by atoms with Crippen LogP contribution in [-0.4, -0.2) is 31.6 Å². The van der Waals surface area contributed by atoms with Gasteiger partial charge in [0, 0.05) is 15.5 Å². The topological polar surface area (TPSA) is 59.8 Å². The molecule has 0 radical (unpaired) electrons. The van der Waals surface area contributed by atoms with E-state index in [0.717, 1.165) is 20.9 Å². The van der Waals surface area contributed by atoms with Gasteiger partial charge in [0.2, 0.25) is 0 Å². The molecule has 3 aromatic rings. The molecule has 32 heavy (non-hydrogen) atoms. The zero-order chi connectivity index (χ0) is 23.3. The number of amides is 1. The highest BCUT2D eigenvalue weighted by atomic mass is 35.5. The summed E-state index contributed by atoms with van der Waals surface area (Å²) in [6.45, 7) is 4.40. The van der Waals surface area contributed by atoms with Crippen molar-refractivity contribution in [2.45, 2.75) is 26.4 Å². The molecule has 1 amide bonds. The largest absolute Gasteiger partial charge is 0.462 e. The van der Waals surface area contributed by atoms with E-state index >= 15 is 0 Å². The zero-order valence-corrected chi connectivity index (χ0v) is 20.4. The van der Waals surface area contributed by atoms with Crippen LogP contribution in [0, 0.1) is 0 Å². The number of carbonyl (C=O) groups is 2. The van der Waals surface area contributed by atoms with Crippen molar-refractivity contribution in [1.82, 2.24) is 0 Å². The predicted octanol–water partition coefficient (Wildman–Crippen LogP) is 4.94. The maximum atomic E-state index is 13.0. The Morgan fingerprint density at radius 1 is 1.12 bits per heavy atom. The highest BCUT2D eigenvalue weighted by Crippen LogP contribution is 2.36. The van der Waals surface area contributed by atoms with E-state index in [0.29, 0.717) is 27.2 Å². The molecule has 0 saturated heterocycles. The van der Waals surface area contributed by atoms with Crippen molar-refractivity contribution in [1.29, 1.82) is 0 Å². The molecular weight excluding hydrogens is 467 g/mol. The Bertz CT molecular complexity index is 1100. The first kappa shape index (κ1) is 24.3. The first-order valence-electron chi connectivity index (χ1n) is 10.2. The van der Waals surface area contributed by atoms with Crippen molar-refractivity contribution >= 4 is 51.4 Å². The lowest BCUT2D eigenvalue weighted by Crippen LogP contribution is -3.12. The summed E-state index contributed by atoms with van der Waals surface area (Å²) in [7, 11) is 1.92. The number of halogens is 2. The lowest BCUT2D eigenvalue weighted by molar-refractivity contribution is -0.907. The van der Waals surface area contributed by atoms with Crippen LogP contribution in [0.5, 0.6) is 0 Å². The Morgan fingerprint density at radius 3 is 2.50 bits per heavy atom. The average Bonchev–Trinajstić information content (AvgIpc) is 3.19. The fourth-order valence-electron chi connectivity index (χ4n) is 3.15. The Labute approximate surface area is 201 Å². The summed E-state index contributed by atoms with van der Waals surface area (Å²) in [5.41, 5.74) is 2.23. The number of carbonyl (C=O) groups excluding carboxylic acids is 2. The van der Waals surface area contributed by atoms with Crippen LogP contribution in [0.15, 0.2) is 54.6 Å². The van der Waals surface area contributed by atoms with Crippen molar-refractivity contribution in [3.05, 3.63) is 75.8 Å². The first-order chi connectivity index (χ1) is 15.3. The minimum absolute atomic E-state index is 0.195. The van der Waals surface area contributed by atoms with Crippen molar-refractivity contribution in [2.24, 2.45) is 0 Å². The van der Waals surface area contributed by atoms with Crippen LogP contribution in [0.2, 0.25) is 10.0 Å². The van der Waals surface area contributed by atoms with Gasteiger partial charge in [-0.3, -0.25) is 4.79 Å². The monoisotopic (exact) mass is 491 g/mol. The molecule has 0 aliphatic rings. The maximum Gasteiger partial charge on any atom is 0.341 e. The van der Waals surface area contributed by atoms with Crippen LogP contribution in [0.1, 0.15) is 29.8 Å². The van der Waals surface area contributed by atoms with Crippen LogP contribution in [0.25, 0.3) is 10.4 Å². The number of ether oxygens (including phenoxy) is 1. The van der Waals surface area contributed by atoms with Crippen LogP contribution >= 0.6 is 34.5 Å². The molecule has 8 heteroatoms. The van der Waals surface area contributed by atoms with E-state index in [1.54, 1.807) is 25.1 Å². The first-order valence-corrected chi connectivity index (χ1v) is 11.8. The fourth-order valence-corrected chi connectivity index (χ4v) is 4.68. The van der Waals surface area contributed by atoms with E-state index in [1.807, 2.05) is 50.4 Å². The summed E-state index contributed by atoms with van der Waals surface area (Å²) in [4.78, 5) is 27.4. The highest BCUT2D eigenvalue weighted by molar-refractivity contribution is 7.20. The molecule has 0 aliphatic carbocycles. The minimum Gasteiger partial charge on any atom is -0.462 e. The number of benzene rings is 2. The summed E-state index contributed by atoms with van der Waals surface area (Å²) in [6, 6.07) is 16.4. The number of rotatable bonds is 8. The molecular formula is C24H25Cl2N2O3S+. The Kier molecular flexibility index (Phi) is 8.32. The molecule has 1 unspecified atom stereocenters. The van der Waals surface area contributed by atoms with E-state index in [1.165, 1.54) is 11.3 Å². The molecule has 3 rings (SSSR count). The second-order valence-corrected chi connectivity index (χ2v) is 9.31. The van der Waals surface area contributed by atoms with Gasteiger partial charge in [-0.2, -0.15) is 0 Å². The number of esters is 1. The van der Waals surface area contributed by atoms with Crippen LogP contribution < -0.4 is 10.2 Å². The fraction of sp³-hybridized carbons (Fsp3) is 0.250. The third-order valence-corrected chi connectivity index (χ3v) is 6.83. The van der Waals surface area contributed by atoms with E-state index in [2.05, 4.69) is 5.32 Å². The summed E-state index contributed by atoms with van der Waals surface area (Å²) in [6.07, 6.45) is 0. The molecule has 1 aromatic heterocycles. The summed E-state index contributed by atoms with van der Waals surface area (Å²) >= 11 is 13.6. The Morgan fingerprint density at radius 2 is 1.84 bits per heavy atom. The second kappa shape index (κ2) is 11.0. The van der Waals surface area contributed by atoms with Gasteiger partial charge in [0.05, 0.1) is 24.2 Å². The molecule has 5 nitrogen and oxygen atoms in total. The number of nitrogens with one attached hydrogen (secondary N) is 2. The van der Waals surface area contributed by atoms with Crippen molar-refractivity contribution < 1.29 is 19.2 Å². The van der Waals surface area contributed by atoms with E-state index < -0.39 is 5.97 Å². The molecule has 0 fully saturated rings. The smallest absolute Gasteiger partial charge is 0.341 e. The summed E-state index contributed by atoms with van der Waals surface area (Å²) < 4.78 is 5.19. The van der Waals surface area contributed by atoms with Crippen molar-refractivity contribution in [2.75, 3.05) is 19.0 Å². The van der Waals surface area contributed by atoms with Gasteiger partial charge in [-0.25, -0.2) is 4.79 Å². The number of hydrogen-bond donors (Lipinski definition) is 2. The molecule has 2 atom stereocenters. The Hall–Kier alpha value is -2.38. The van der Waals surface area contributed by atoms with Crippen LogP contribution in [0.4, 0.5) is 5.00 Å². The van der Waals surface area contributed by atoms with Crippen LogP contribution in [-0.2, 0) is 16.1 Å². The number of anilines is 1. The number of likely N-dealkylation sites (N-methyl/N-ethyl adjacent to an activating group) is 1.